The fraction of sp³-hybridized carbons (Fsp3) is 0.350. The molecular weight excluding hydrogens is 349 g/mol. The average Bonchev–Trinajstić information content (AvgIpc) is 2.69. The van der Waals surface area contributed by atoms with Gasteiger partial charge in [0.15, 0.2) is 0 Å². The summed E-state index contributed by atoms with van der Waals surface area (Å²) in [5.74, 6) is -0.576. The molecule has 0 spiro atoms. The first kappa shape index (κ1) is 18.8. The van der Waals surface area contributed by atoms with Gasteiger partial charge < -0.3 is 15.0 Å². The van der Waals surface area contributed by atoms with Crippen molar-refractivity contribution in [3.05, 3.63) is 54.0 Å². The number of nitrogens with one attached hydrogen (secondary N) is 1. The van der Waals surface area contributed by atoms with E-state index in [-0.39, 0.29) is 23.9 Å². The van der Waals surface area contributed by atoms with Crippen LogP contribution < -0.4 is 5.32 Å². The van der Waals surface area contributed by atoms with Gasteiger partial charge in [0.25, 0.3) is 5.91 Å². The summed E-state index contributed by atoms with van der Waals surface area (Å²) in [5.41, 5.74) is 1.30. The Kier molecular flexibility index (Phi) is 6.01. The summed E-state index contributed by atoms with van der Waals surface area (Å²) < 4.78 is 18.8. The predicted molar refractivity (Wildman–Crippen MR) is 98.7 cm³/mol. The van der Waals surface area contributed by atoms with Gasteiger partial charge in [-0.25, -0.2) is 9.18 Å². The third-order valence-electron chi connectivity index (χ3n) is 4.53. The number of hydrogen-bond donors (Lipinski definition) is 1. The van der Waals surface area contributed by atoms with Crippen molar-refractivity contribution in [2.45, 2.75) is 25.8 Å². The number of ether oxygens (including phenoxy) is 1. The maximum atomic E-state index is 13.8. The summed E-state index contributed by atoms with van der Waals surface area (Å²) in [5, 5.41) is 2.97. The highest BCUT2D eigenvalue weighted by Gasteiger charge is 2.24. The van der Waals surface area contributed by atoms with Gasteiger partial charge in [-0.3, -0.25) is 9.78 Å². The first-order chi connectivity index (χ1) is 13.1. The van der Waals surface area contributed by atoms with Crippen LogP contribution in [-0.2, 0) is 4.74 Å². The van der Waals surface area contributed by atoms with Crippen molar-refractivity contribution in [2.24, 2.45) is 0 Å². The quantitative estimate of drug-likeness (QED) is 0.896. The maximum absolute atomic E-state index is 13.8. The van der Waals surface area contributed by atoms with Crippen molar-refractivity contribution in [3.63, 3.8) is 0 Å². The van der Waals surface area contributed by atoms with Crippen LogP contribution in [0.15, 0.2) is 42.6 Å². The zero-order chi connectivity index (χ0) is 19.2. The Hall–Kier alpha value is -2.96. The zero-order valence-corrected chi connectivity index (χ0v) is 15.2. The van der Waals surface area contributed by atoms with E-state index in [1.165, 1.54) is 12.3 Å². The summed E-state index contributed by atoms with van der Waals surface area (Å²) in [6.45, 7) is 3.23. The molecule has 2 amide bonds. The SMILES string of the molecule is CCOC(=O)N1CCC(NC(=O)c2ccc(-c3ccccc3F)nc2)CC1. The molecule has 1 fully saturated rings. The van der Waals surface area contributed by atoms with Gasteiger partial charge >= 0.3 is 6.09 Å². The van der Waals surface area contributed by atoms with Crippen molar-refractivity contribution in [3.8, 4) is 11.3 Å². The third kappa shape index (κ3) is 4.61. The molecular formula is C20H22FN3O3. The summed E-state index contributed by atoms with van der Waals surface area (Å²) >= 11 is 0. The van der Waals surface area contributed by atoms with Crippen LogP contribution in [0.5, 0.6) is 0 Å². The molecule has 0 saturated carbocycles. The third-order valence-corrected chi connectivity index (χ3v) is 4.53. The van der Waals surface area contributed by atoms with Crippen LogP contribution in [0.25, 0.3) is 11.3 Å². The van der Waals surface area contributed by atoms with E-state index in [0.29, 0.717) is 49.4 Å². The second-order valence-electron chi connectivity index (χ2n) is 6.35. The van der Waals surface area contributed by atoms with E-state index in [1.807, 2.05) is 0 Å². The van der Waals surface area contributed by atoms with E-state index in [0.717, 1.165) is 0 Å². The molecule has 1 aliphatic rings. The lowest BCUT2D eigenvalue weighted by atomic mass is 10.0. The summed E-state index contributed by atoms with van der Waals surface area (Å²) in [4.78, 5) is 30.0. The summed E-state index contributed by atoms with van der Waals surface area (Å²) in [6, 6.07) is 9.65. The predicted octanol–water partition coefficient (Wildman–Crippen LogP) is 3.24. The number of piperidine rings is 1. The smallest absolute Gasteiger partial charge is 0.409 e. The molecule has 0 unspecified atom stereocenters. The highest BCUT2D eigenvalue weighted by Crippen LogP contribution is 2.20. The number of aromatic nitrogens is 1. The molecule has 1 saturated heterocycles. The van der Waals surface area contributed by atoms with Crippen molar-refractivity contribution >= 4 is 12.0 Å². The van der Waals surface area contributed by atoms with Crippen LogP contribution in [0.1, 0.15) is 30.1 Å². The topological polar surface area (TPSA) is 71.5 Å². The molecule has 1 aromatic carbocycles. The number of hydrogen-bond acceptors (Lipinski definition) is 4. The van der Waals surface area contributed by atoms with Gasteiger partial charge in [-0.15, -0.1) is 0 Å². The molecule has 1 aliphatic heterocycles. The highest BCUT2D eigenvalue weighted by molar-refractivity contribution is 5.94. The molecule has 2 heterocycles. The summed E-state index contributed by atoms with van der Waals surface area (Å²) in [6.07, 6.45) is 2.48. The minimum Gasteiger partial charge on any atom is -0.450 e. The lowest BCUT2D eigenvalue weighted by molar-refractivity contribution is 0.0860. The van der Waals surface area contributed by atoms with Gasteiger partial charge in [0.2, 0.25) is 0 Å². The lowest BCUT2D eigenvalue weighted by Gasteiger charge is -2.31. The summed E-state index contributed by atoms with van der Waals surface area (Å²) in [7, 11) is 0. The molecule has 2 aromatic rings. The molecule has 1 N–H and O–H groups in total. The van der Waals surface area contributed by atoms with Crippen molar-refractivity contribution in [2.75, 3.05) is 19.7 Å². The number of rotatable bonds is 4. The van der Waals surface area contributed by atoms with Crippen LogP contribution in [0, 0.1) is 5.82 Å². The molecule has 6 nitrogen and oxygen atoms in total. The average molecular weight is 371 g/mol. The molecule has 7 heteroatoms. The van der Waals surface area contributed by atoms with Crippen molar-refractivity contribution in [1.29, 1.82) is 0 Å². The second kappa shape index (κ2) is 8.62. The fourth-order valence-electron chi connectivity index (χ4n) is 3.05. The van der Waals surface area contributed by atoms with E-state index < -0.39 is 0 Å². The Bertz CT molecular complexity index is 802. The molecule has 3 rings (SSSR count). The van der Waals surface area contributed by atoms with Gasteiger partial charge in [-0.1, -0.05) is 12.1 Å². The Balaban J connectivity index is 1.56. The second-order valence-corrected chi connectivity index (χ2v) is 6.35. The van der Waals surface area contributed by atoms with Gasteiger partial charge in [0, 0.05) is 30.9 Å². The highest BCUT2D eigenvalue weighted by atomic mass is 19.1. The van der Waals surface area contributed by atoms with E-state index in [4.69, 9.17) is 4.74 Å². The molecule has 0 aliphatic carbocycles. The van der Waals surface area contributed by atoms with Crippen LogP contribution in [0.2, 0.25) is 0 Å². The van der Waals surface area contributed by atoms with E-state index >= 15 is 0 Å². The Morgan fingerprint density at radius 3 is 2.59 bits per heavy atom. The number of likely N-dealkylation sites (tertiary alicyclic amines) is 1. The molecule has 27 heavy (non-hydrogen) atoms. The number of benzene rings is 1. The normalized spacial score (nSPS) is 14.7. The molecule has 1 aromatic heterocycles. The van der Waals surface area contributed by atoms with E-state index in [2.05, 4.69) is 10.3 Å². The van der Waals surface area contributed by atoms with Crippen LogP contribution >= 0.6 is 0 Å². The Labute approximate surface area is 157 Å². The van der Waals surface area contributed by atoms with Crippen LogP contribution in [0.4, 0.5) is 9.18 Å². The standard InChI is InChI=1S/C20H22FN3O3/c1-2-27-20(26)24-11-9-15(10-12-24)23-19(25)14-7-8-18(22-13-14)16-5-3-4-6-17(16)21/h3-8,13,15H,2,9-12H2,1H3,(H,23,25). The fourth-order valence-corrected chi connectivity index (χ4v) is 3.05. The van der Waals surface area contributed by atoms with E-state index in [9.17, 15) is 14.0 Å². The first-order valence-electron chi connectivity index (χ1n) is 9.02. The molecule has 0 bridgehead atoms. The Morgan fingerprint density at radius 1 is 1.22 bits per heavy atom. The van der Waals surface area contributed by atoms with Crippen molar-refractivity contribution < 1.29 is 18.7 Å². The largest absolute Gasteiger partial charge is 0.450 e. The Morgan fingerprint density at radius 2 is 1.96 bits per heavy atom. The lowest BCUT2D eigenvalue weighted by Crippen LogP contribution is -2.46. The minimum atomic E-state index is -0.351. The first-order valence-corrected chi connectivity index (χ1v) is 9.02. The number of amides is 2. The van der Waals surface area contributed by atoms with Gasteiger partial charge in [-0.05, 0) is 44.0 Å². The van der Waals surface area contributed by atoms with Gasteiger partial charge in [0.05, 0.1) is 17.9 Å². The maximum Gasteiger partial charge on any atom is 0.409 e. The molecule has 142 valence electrons. The zero-order valence-electron chi connectivity index (χ0n) is 15.2. The molecule has 0 radical (unpaired) electrons. The number of nitrogens with zero attached hydrogens (tertiary/aromatic N) is 2. The van der Waals surface area contributed by atoms with Gasteiger partial charge in [-0.2, -0.15) is 0 Å². The van der Waals surface area contributed by atoms with Crippen LogP contribution in [-0.4, -0.2) is 47.6 Å². The molecule has 0 atom stereocenters. The monoisotopic (exact) mass is 371 g/mol. The number of halogens is 1. The van der Waals surface area contributed by atoms with E-state index in [1.54, 1.807) is 42.2 Å². The van der Waals surface area contributed by atoms with Gasteiger partial charge in [0.1, 0.15) is 5.82 Å². The number of carbonyl (C=O) groups excluding carboxylic acids is 2. The number of pyridine rings is 1. The number of carbonyl (C=O) groups is 2. The minimum absolute atomic E-state index is 0.00517. The van der Waals surface area contributed by atoms with Crippen LogP contribution in [0.3, 0.4) is 0 Å². The van der Waals surface area contributed by atoms with Crippen molar-refractivity contribution in [1.82, 2.24) is 15.2 Å².